The number of anilines is 2. The highest BCUT2D eigenvalue weighted by molar-refractivity contribution is 6.11. The fraction of sp³-hybridized carbons (Fsp3) is 0.192. The normalized spacial score (nSPS) is 14.2. The van der Waals surface area contributed by atoms with Gasteiger partial charge in [-0.3, -0.25) is 4.79 Å². The molecule has 0 spiro atoms. The van der Waals surface area contributed by atoms with Gasteiger partial charge in [-0.25, -0.2) is 9.97 Å². The quantitative estimate of drug-likeness (QED) is 0.425. The summed E-state index contributed by atoms with van der Waals surface area (Å²) < 4.78 is 44.9. The Hall–Kier alpha value is -3.98. The molecular weight excluding hydrogens is 457 g/mol. The van der Waals surface area contributed by atoms with E-state index in [0.29, 0.717) is 46.8 Å². The van der Waals surface area contributed by atoms with Gasteiger partial charge in [-0.2, -0.15) is 13.2 Å². The van der Waals surface area contributed by atoms with Crippen LogP contribution in [0.2, 0.25) is 0 Å². The van der Waals surface area contributed by atoms with Crippen molar-refractivity contribution < 1.29 is 22.7 Å². The third kappa shape index (κ3) is 4.95. The van der Waals surface area contributed by atoms with Crippen molar-refractivity contribution in [3.8, 4) is 11.3 Å². The average Bonchev–Trinajstić information content (AvgIpc) is 2.88. The number of carbonyl (C=O) groups excluding carboxylic acids is 1. The van der Waals surface area contributed by atoms with E-state index in [-0.39, 0.29) is 0 Å². The van der Waals surface area contributed by atoms with Crippen LogP contribution in [0.1, 0.15) is 15.9 Å². The molecule has 9 heteroatoms. The van der Waals surface area contributed by atoms with Gasteiger partial charge in [0, 0.05) is 24.0 Å². The number of rotatable bonds is 4. The van der Waals surface area contributed by atoms with Crippen molar-refractivity contribution in [1.82, 2.24) is 9.97 Å². The van der Waals surface area contributed by atoms with E-state index in [1.807, 2.05) is 12.1 Å². The molecule has 6 nitrogen and oxygen atoms in total. The van der Waals surface area contributed by atoms with Crippen molar-refractivity contribution in [3.63, 3.8) is 0 Å². The minimum atomic E-state index is -4.46. The number of hydrogen-bond acceptors (Lipinski definition) is 5. The molecule has 0 unspecified atom stereocenters. The van der Waals surface area contributed by atoms with Gasteiger partial charge in [-0.05, 0) is 36.4 Å². The largest absolute Gasteiger partial charge is 0.416 e. The summed E-state index contributed by atoms with van der Waals surface area (Å²) in [5.74, 6) is 0.731. The summed E-state index contributed by atoms with van der Waals surface area (Å²) in [6.07, 6.45) is -4.46. The van der Waals surface area contributed by atoms with Crippen molar-refractivity contribution >= 4 is 28.4 Å². The number of hydrogen-bond donors (Lipinski definition) is 1. The molecule has 0 saturated carbocycles. The van der Waals surface area contributed by atoms with Crippen LogP contribution in [0.5, 0.6) is 0 Å². The van der Waals surface area contributed by atoms with Crippen molar-refractivity contribution in [1.29, 1.82) is 0 Å². The van der Waals surface area contributed by atoms with Crippen LogP contribution in [0.25, 0.3) is 22.2 Å². The summed E-state index contributed by atoms with van der Waals surface area (Å²) in [6.45, 7) is 2.67. The topological polar surface area (TPSA) is 67.4 Å². The monoisotopic (exact) mass is 478 g/mol. The Bertz CT molecular complexity index is 1380. The first-order valence-electron chi connectivity index (χ1n) is 11.1. The van der Waals surface area contributed by atoms with E-state index in [9.17, 15) is 18.0 Å². The molecule has 1 aliphatic heterocycles. The average molecular weight is 478 g/mol. The Morgan fingerprint density at radius 2 is 1.69 bits per heavy atom. The van der Waals surface area contributed by atoms with Crippen LogP contribution in [-0.2, 0) is 10.9 Å². The number of amides is 1. The van der Waals surface area contributed by atoms with Gasteiger partial charge in [-0.15, -0.1) is 0 Å². The second-order valence-electron chi connectivity index (χ2n) is 8.09. The maximum atomic E-state index is 13.2. The van der Waals surface area contributed by atoms with Crippen molar-refractivity contribution in [2.75, 3.05) is 36.5 Å². The summed E-state index contributed by atoms with van der Waals surface area (Å²) in [5, 5.41) is 3.52. The molecule has 2 aromatic carbocycles. The molecule has 4 aromatic rings. The minimum Gasteiger partial charge on any atom is -0.378 e. The molecule has 178 valence electrons. The van der Waals surface area contributed by atoms with E-state index in [2.05, 4.69) is 20.2 Å². The molecule has 3 heterocycles. The summed E-state index contributed by atoms with van der Waals surface area (Å²) >= 11 is 0. The van der Waals surface area contributed by atoms with Crippen molar-refractivity contribution in [2.45, 2.75) is 6.18 Å². The molecule has 1 aliphatic rings. The van der Waals surface area contributed by atoms with E-state index < -0.39 is 17.6 Å². The zero-order valence-corrected chi connectivity index (χ0v) is 18.5. The molecular formula is C26H21F3N4O2. The van der Waals surface area contributed by atoms with Gasteiger partial charge in [-0.1, -0.05) is 36.4 Å². The van der Waals surface area contributed by atoms with E-state index in [1.54, 1.807) is 42.5 Å². The molecule has 0 atom stereocenters. The molecule has 35 heavy (non-hydrogen) atoms. The number of morpholine rings is 1. The molecule has 1 amide bonds. The Kier molecular flexibility index (Phi) is 6.08. The van der Waals surface area contributed by atoms with Crippen LogP contribution in [0, 0.1) is 0 Å². The standard InChI is InChI=1S/C26H21F3N4O2/c27-26(28,29)19-6-1-5-18(16-19)21-11-10-17-4-2-7-20(24(17)30-21)25(34)32-22-8-3-9-23(31-22)33-12-14-35-15-13-33/h1-11,16H,12-15H2,(H,31,32,34). The van der Waals surface area contributed by atoms with E-state index in [0.717, 1.165) is 31.0 Å². The Morgan fingerprint density at radius 1 is 0.914 bits per heavy atom. The molecule has 0 aliphatic carbocycles. The molecule has 1 N–H and O–H groups in total. The lowest BCUT2D eigenvalue weighted by molar-refractivity contribution is -0.137. The molecule has 1 saturated heterocycles. The Labute approximate surface area is 199 Å². The molecule has 5 rings (SSSR count). The zero-order chi connectivity index (χ0) is 24.4. The van der Waals surface area contributed by atoms with Gasteiger partial charge in [0.25, 0.3) is 5.91 Å². The number of nitrogens with zero attached hydrogens (tertiary/aromatic N) is 3. The van der Waals surface area contributed by atoms with Crippen LogP contribution in [0.4, 0.5) is 24.8 Å². The fourth-order valence-electron chi connectivity index (χ4n) is 3.99. The first-order valence-corrected chi connectivity index (χ1v) is 11.1. The maximum Gasteiger partial charge on any atom is 0.416 e. The van der Waals surface area contributed by atoms with Gasteiger partial charge >= 0.3 is 6.18 Å². The summed E-state index contributed by atoms with van der Waals surface area (Å²) in [4.78, 5) is 24.4. The molecule has 1 fully saturated rings. The van der Waals surface area contributed by atoms with Crippen molar-refractivity contribution in [2.24, 2.45) is 0 Å². The Balaban J connectivity index is 1.45. The van der Waals surface area contributed by atoms with E-state index >= 15 is 0 Å². The van der Waals surface area contributed by atoms with Crippen LogP contribution in [-0.4, -0.2) is 42.2 Å². The minimum absolute atomic E-state index is 0.301. The van der Waals surface area contributed by atoms with Crippen molar-refractivity contribution in [3.05, 3.63) is 83.9 Å². The number of fused-ring (bicyclic) bond motifs is 1. The van der Waals surface area contributed by atoms with Gasteiger partial charge in [0.1, 0.15) is 11.6 Å². The van der Waals surface area contributed by atoms with Crippen LogP contribution >= 0.6 is 0 Å². The first-order chi connectivity index (χ1) is 16.9. The lowest BCUT2D eigenvalue weighted by atomic mass is 10.0. The number of carbonyl (C=O) groups is 1. The summed E-state index contributed by atoms with van der Waals surface area (Å²) in [5.41, 5.74) is 0.599. The highest BCUT2D eigenvalue weighted by Crippen LogP contribution is 2.32. The smallest absolute Gasteiger partial charge is 0.378 e. The Morgan fingerprint density at radius 3 is 2.49 bits per heavy atom. The number of para-hydroxylation sites is 1. The van der Waals surface area contributed by atoms with Gasteiger partial charge in [0.2, 0.25) is 0 Å². The SMILES string of the molecule is O=C(Nc1cccc(N2CCOCC2)n1)c1cccc2ccc(-c3cccc(C(F)(F)F)c3)nc12. The third-order valence-corrected chi connectivity index (χ3v) is 5.76. The molecule has 2 aromatic heterocycles. The number of halogens is 3. The highest BCUT2D eigenvalue weighted by Gasteiger charge is 2.30. The summed E-state index contributed by atoms with van der Waals surface area (Å²) in [6, 6.07) is 18.9. The number of nitrogens with one attached hydrogen (secondary N) is 1. The van der Waals surface area contributed by atoms with E-state index in [4.69, 9.17) is 4.74 Å². The maximum absolute atomic E-state index is 13.2. The number of aromatic nitrogens is 2. The van der Waals surface area contributed by atoms with Crippen LogP contribution in [0.3, 0.4) is 0 Å². The van der Waals surface area contributed by atoms with Crippen LogP contribution in [0.15, 0.2) is 72.8 Å². The van der Waals surface area contributed by atoms with Gasteiger partial charge in [0.05, 0.1) is 35.6 Å². The predicted molar refractivity (Wildman–Crippen MR) is 127 cm³/mol. The first kappa shape index (κ1) is 22.8. The van der Waals surface area contributed by atoms with Crippen LogP contribution < -0.4 is 10.2 Å². The van der Waals surface area contributed by atoms with Gasteiger partial charge < -0.3 is 15.0 Å². The predicted octanol–water partition coefficient (Wildman–Crippen LogP) is 5.40. The lowest BCUT2D eigenvalue weighted by Gasteiger charge is -2.28. The number of alkyl halides is 3. The fourth-order valence-corrected chi connectivity index (χ4v) is 3.99. The second kappa shape index (κ2) is 9.34. The van der Waals surface area contributed by atoms with Gasteiger partial charge in [0.15, 0.2) is 0 Å². The third-order valence-electron chi connectivity index (χ3n) is 5.76. The molecule has 0 bridgehead atoms. The number of pyridine rings is 2. The second-order valence-corrected chi connectivity index (χ2v) is 8.09. The lowest BCUT2D eigenvalue weighted by Crippen LogP contribution is -2.36. The number of benzene rings is 2. The zero-order valence-electron chi connectivity index (χ0n) is 18.5. The molecule has 0 radical (unpaired) electrons. The summed E-state index contributed by atoms with van der Waals surface area (Å²) in [7, 11) is 0. The number of ether oxygens (including phenoxy) is 1. The highest BCUT2D eigenvalue weighted by atomic mass is 19.4. The van der Waals surface area contributed by atoms with E-state index in [1.165, 1.54) is 6.07 Å².